The van der Waals surface area contributed by atoms with E-state index in [-0.39, 0.29) is 11.8 Å². The van der Waals surface area contributed by atoms with Crippen LogP contribution in [0.5, 0.6) is 0 Å². The first-order valence-electron chi connectivity index (χ1n) is 6.87. The van der Waals surface area contributed by atoms with E-state index in [0.717, 1.165) is 31.5 Å². The molecule has 0 fully saturated rings. The molecule has 0 bridgehead atoms. The van der Waals surface area contributed by atoms with Gasteiger partial charge in [0.2, 0.25) is 5.91 Å². The summed E-state index contributed by atoms with van der Waals surface area (Å²) >= 11 is 0. The summed E-state index contributed by atoms with van der Waals surface area (Å²) < 4.78 is 0. The first kappa shape index (κ1) is 13.7. The van der Waals surface area contributed by atoms with Crippen molar-refractivity contribution in [1.82, 2.24) is 10.2 Å². The number of imide groups is 1. The minimum Gasteiger partial charge on any atom is -0.317 e. The molecule has 4 heteroatoms. The summed E-state index contributed by atoms with van der Waals surface area (Å²) in [6.45, 7) is 4.43. The van der Waals surface area contributed by atoms with Crippen molar-refractivity contribution in [2.24, 2.45) is 0 Å². The number of benzene rings is 1. The SMILES string of the molecule is CCCNCCCN1C(=O)Cc2ccccc2C1=O. The molecule has 0 unspecified atom stereocenters. The summed E-state index contributed by atoms with van der Waals surface area (Å²) in [7, 11) is 0. The lowest BCUT2D eigenvalue weighted by atomic mass is 9.98. The van der Waals surface area contributed by atoms with E-state index in [2.05, 4.69) is 12.2 Å². The molecule has 1 aliphatic heterocycles. The van der Waals surface area contributed by atoms with Crippen LogP contribution >= 0.6 is 0 Å². The Labute approximate surface area is 113 Å². The van der Waals surface area contributed by atoms with Gasteiger partial charge in [-0.1, -0.05) is 25.1 Å². The van der Waals surface area contributed by atoms with Crippen LogP contribution in [0.4, 0.5) is 0 Å². The van der Waals surface area contributed by atoms with Crippen LogP contribution in [0.2, 0.25) is 0 Å². The molecule has 0 aliphatic carbocycles. The van der Waals surface area contributed by atoms with Crippen molar-refractivity contribution < 1.29 is 9.59 Å². The van der Waals surface area contributed by atoms with Crippen molar-refractivity contribution in [3.8, 4) is 0 Å². The Morgan fingerprint density at radius 2 is 2.00 bits per heavy atom. The minimum atomic E-state index is -0.151. The molecule has 2 amide bonds. The third-order valence-corrected chi connectivity index (χ3v) is 3.30. The van der Waals surface area contributed by atoms with Gasteiger partial charge < -0.3 is 5.32 Å². The second kappa shape index (κ2) is 6.48. The van der Waals surface area contributed by atoms with E-state index in [4.69, 9.17) is 0 Å². The van der Waals surface area contributed by atoms with Crippen molar-refractivity contribution in [3.05, 3.63) is 35.4 Å². The van der Waals surface area contributed by atoms with Crippen LogP contribution in [-0.4, -0.2) is 36.3 Å². The van der Waals surface area contributed by atoms with Crippen LogP contribution in [0.25, 0.3) is 0 Å². The van der Waals surface area contributed by atoms with E-state index in [1.165, 1.54) is 4.90 Å². The lowest BCUT2D eigenvalue weighted by molar-refractivity contribution is -0.128. The highest BCUT2D eigenvalue weighted by Gasteiger charge is 2.29. The van der Waals surface area contributed by atoms with Crippen LogP contribution < -0.4 is 5.32 Å². The summed E-state index contributed by atoms with van der Waals surface area (Å²) in [5.74, 6) is -0.235. The van der Waals surface area contributed by atoms with Gasteiger partial charge >= 0.3 is 0 Å². The zero-order valence-electron chi connectivity index (χ0n) is 11.3. The van der Waals surface area contributed by atoms with Gasteiger partial charge in [0.1, 0.15) is 0 Å². The van der Waals surface area contributed by atoms with Crippen molar-refractivity contribution in [3.63, 3.8) is 0 Å². The molecule has 4 nitrogen and oxygen atoms in total. The molecule has 0 saturated heterocycles. The fraction of sp³-hybridized carbons (Fsp3) is 0.467. The highest BCUT2D eigenvalue weighted by molar-refractivity contribution is 6.09. The molecule has 0 atom stereocenters. The third-order valence-electron chi connectivity index (χ3n) is 3.30. The largest absolute Gasteiger partial charge is 0.317 e. The first-order chi connectivity index (χ1) is 9.24. The first-order valence-corrected chi connectivity index (χ1v) is 6.87. The Balaban J connectivity index is 1.95. The number of nitrogens with one attached hydrogen (secondary N) is 1. The third kappa shape index (κ3) is 3.20. The maximum absolute atomic E-state index is 12.2. The minimum absolute atomic E-state index is 0.0841. The molecule has 0 radical (unpaired) electrons. The number of hydrogen-bond donors (Lipinski definition) is 1. The van der Waals surface area contributed by atoms with Crippen molar-refractivity contribution in [2.75, 3.05) is 19.6 Å². The van der Waals surface area contributed by atoms with Crippen LogP contribution in [-0.2, 0) is 11.2 Å². The Morgan fingerprint density at radius 1 is 1.21 bits per heavy atom. The van der Waals surface area contributed by atoms with E-state index in [1.54, 1.807) is 6.07 Å². The van der Waals surface area contributed by atoms with Gasteiger partial charge in [0.05, 0.1) is 6.42 Å². The second-order valence-corrected chi connectivity index (χ2v) is 4.79. The average Bonchev–Trinajstić information content (AvgIpc) is 2.42. The zero-order valence-corrected chi connectivity index (χ0v) is 11.3. The fourth-order valence-electron chi connectivity index (χ4n) is 2.29. The van der Waals surface area contributed by atoms with Gasteiger partial charge in [-0.3, -0.25) is 14.5 Å². The molecule has 1 aromatic carbocycles. The number of amides is 2. The Kier molecular flexibility index (Phi) is 4.68. The molecule has 1 aromatic rings. The number of rotatable bonds is 6. The van der Waals surface area contributed by atoms with Gasteiger partial charge in [-0.25, -0.2) is 0 Å². The van der Waals surface area contributed by atoms with Gasteiger partial charge in [-0.2, -0.15) is 0 Å². The normalized spacial score (nSPS) is 14.7. The lowest BCUT2D eigenvalue weighted by Gasteiger charge is -2.26. The van der Waals surface area contributed by atoms with Gasteiger partial charge in [0.25, 0.3) is 5.91 Å². The Morgan fingerprint density at radius 3 is 2.79 bits per heavy atom. The Bertz CT molecular complexity index is 471. The van der Waals surface area contributed by atoms with Gasteiger partial charge in [0.15, 0.2) is 0 Å². The number of fused-ring (bicyclic) bond motifs is 1. The van der Waals surface area contributed by atoms with Crippen molar-refractivity contribution >= 4 is 11.8 Å². The highest BCUT2D eigenvalue weighted by Crippen LogP contribution is 2.19. The molecule has 0 aromatic heterocycles. The van der Waals surface area contributed by atoms with Gasteiger partial charge in [0, 0.05) is 12.1 Å². The lowest BCUT2D eigenvalue weighted by Crippen LogP contribution is -2.43. The summed E-state index contributed by atoms with van der Waals surface area (Å²) in [5, 5.41) is 3.27. The maximum atomic E-state index is 12.2. The van der Waals surface area contributed by atoms with E-state index < -0.39 is 0 Å². The van der Waals surface area contributed by atoms with E-state index in [9.17, 15) is 9.59 Å². The van der Waals surface area contributed by atoms with E-state index >= 15 is 0 Å². The van der Waals surface area contributed by atoms with Crippen molar-refractivity contribution in [1.29, 1.82) is 0 Å². The molecule has 2 rings (SSSR count). The quantitative estimate of drug-likeness (QED) is 0.624. The van der Waals surface area contributed by atoms with E-state index in [0.29, 0.717) is 18.5 Å². The summed E-state index contributed by atoms with van der Waals surface area (Å²) in [6.07, 6.45) is 2.24. The second-order valence-electron chi connectivity index (χ2n) is 4.79. The summed E-state index contributed by atoms with van der Waals surface area (Å²) in [5.41, 5.74) is 1.52. The van der Waals surface area contributed by atoms with E-state index in [1.807, 2.05) is 18.2 Å². The van der Waals surface area contributed by atoms with Crippen LogP contribution in [0.1, 0.15) is 35.7 Å². The number of carbonyl (C=O) groups is 2. The molecule has 19 heavy (non-hydrogen) atoms. The van der Waals surface area contributed by atoms with Gasteiger partial charge in [-0.05, 0) is 37.6 Å². The smallest absolute Gasteiger partial charge is 0.260 e. The Hall–Kier alpha value is -1.68. The maximum Gasteiger partial charge on any atom is 0.260 e. The number of carbonyl (C=O) groups excluding carboxylic acids is 2. The molecular weight excluding hydrogens is 240 g/mol. The van der Waals surface area contributed by atoms with Crippen LogP contribution in [0, 0.1) is 0 Å². The highest BCUT2D eigenvalue weighted by atomic mass is 16.2. The van der Waals surface area contributed by atoms with Crippen LogP contribution in [0.3, 0.4) is 0 Å². The fourth-order valence-corrected chi connectivity index (χ4v) is 2.29. The predicted octanol–water partition coefficient (Wildman–Crippen LogP) is 1.60. The van der Waals surface area contributed by atoms with Gasteiger partial charge in [-0.15, -0.1) is 0 Å². The molecule has 0 spiro atoms. The topological polar surface area (TPSA) is 49.4 Å². The summed E-state index contributed by atoms with van der Waals surface area (Å²) in [6, 6.07) is 7.36. The molecule has 0 saturated carbocycles. The summed E-state index contributed by atoms with van der Waals surface area (Å²) in [4.78, 5) is 25.6. The molecular formula is C15H20N2O2. The number of nitrogens with zero attached hydrogens (tertiary/aromatic N) is 1. The molecule has 102 valence electrons. The molecule has 1 aliphatic rings. The molecule has 1 heterocycles. The van der Waals surface area contributed by atoms with Crippen molar-refractivity contribution in [2.45, 2.75) is 26.2 Å². The standard InChI is InChI=1S/C15H20N2O2/c1-2-8-16-9-5-10-17-14(18)11-12-6-3-4-7-13(12)15(17)19/h3-4,6-7,16H,2,5,8-11H2,1H3. The average molecular weight is 260 g/mol. The molecule has 1 N–H and O–H groups in total. The monoisotopic (exact) mass is 260 g/mol. The number of hydrogen-bond acceptors (Lipinski definition) is 3. The zero-order chi connectivity index (χ0) is 13.7. The predicted molar refractivity (Wildman–Crippen MR) is 74.0 cm³/mol. The van der Waals surface area contributed by atoms with Crippen LogP contribution in [0.15, 0.2) is 24.3 Å².